The molecule has 0 saturated carbocycles. The highest BCUT2D eigenvalue weighted by Crippen LogP contribution is 2.24. The van der Waals surface area contributed by atoms with Crippen LogP contribution in [0, 0.1) is 10.1 Å². The van der Waals surface area contributed by atoms with Gasteiger partial charge in [-0.15, -0.1) is 0 Å². The molecule has 1 heterocycles. The number of nitrogens with two attached hydrogens (primary N) is 1. The number of benzene rings is 1. The highest BCUT2D eigenvalue weighted by molar-refractivity contribution is 5.62. The lowest BCUT2D eigenvalue weighted by atomic mass is 10.1. The largest absolute Gasteiger partial charge is 0.328 e. The average molecular weight is 277 g/mol. The first-order chi connectivity index (χ1) is 9.51. The van der Waals surface area contributed by atoms with Crippen LogP contribution in [0.5, 0.6) is 0 Å². The summed E-state index contributed by atoms with van der Waals surface area (Å²) in [5.41, 5.74) is 1.80. The topological polar surface area (TPSA) is 136 Å². The molecule has 0 fully saturated rings. The summed E-state index contributed by atoms with van der Waals surface area (Å²) in [4.78, 5) is 34.8. The van der Waals surface area contributed by atoms with Gasteiger partial charge in [0, 0.05) is 18.3 Å². The van der Waals surface area contributed by atoms with Crippen LogP contribution in [0.1, 0.15) is 5.56 Å². The molecule has 0 aliphatic carbocycles. The van der Waals surface area contributed by atoms with E-state index < -0.39 is 16.2 Å². The number of hydrogen-bond acceptors (Lipinski definition) is 6. The number of rotatable bonds is 4. The Morgan fingerprint density at radius 1 is 1.35 bits per heavy atom. The number of nitrogen functional groups attached to an aromatic ring is 1. The first-order valence-corrected chi connectivity index (χ1v) is 5.55. The maximum absolute atomic E-state index is 11.5. The monoisotopic (exact) mass is 277 g/mol. The van der Waals surface area contributed by atoms with Gasteiger partial charge in [-0.25, -0.2) is 4.79 Å². The Morgan fingerprint density at radius 3 is 2.70 bits per heavy atom. The number of hydrogen-bond donors (Lipinski definition) is 3. The fourth-order valence-electron chi connectivity index (χ4n) is 1.72. The molecular formula is C11H11N5O4. The van der Waals surface area contributed by atoms with E-state index in [-0.39, 0.29) is 17.9 Å². The summed E-state index contributed by atoms with van der Waals surface area (Å²) >= 11 is 0. The second kappa shape index (κ2) is 5.36. The Morgan fingerprint density at radius 2 is 2.10 bits per heavy atom. The second-order valence-corrected chi connectivity index (χ2v) is 3.99. The molecule has 9 heteroatoms. The van der Waals surface area contributed by atoms with E-state index in [4.69, 9.17) is 5.84 Å². The molecule has 1 aromatic heterocycles. The second-order valence-electron chi connectivity index (χ2n) is 3.99. The zero-order chi connectivity index (χ0) is 14.7. The molecular weight excluding hydrogens is 266 g/mol. The Balaban J connectivity index is 2.37. The van der Waals surface area contributed by atoms with Gasteiger partial charge in [0.05, 0.1) is 11.5 Å². The van der Waals surface area contributed by atoms with E-state index in [0.29, 0.717) is 5.56 Å². The molecule has 0 unspecified atom stereocenters. The summed E-state index contributed by atoms with van der Waals surface area (Å²) in [6.07, 6.45) is 1.35. The summed E-state index contributed by atoms with van der Waals surface area (Å²) in [7, 11) is 0. The van der Waals surface area contributed by atoms with Crippen molar-refractivity contribution in [1.82, 2.24) is 9.55 Å². The standard InChI is InChI=1S/C11H11N5O4/c12-14-8-5-7(1-2-9(8)16(19)20)6-15-4-3-10(17)13-11(15)18/h1-5,14H,6,12H2,(H,13,17,18). The highest BCUT2D eigenvalue weighted by atomic mass is 16.6. The lowest BCUT2D eigenvalue weighted by molar-refractivity contribution is -0.384. The summed E-state index contributed by atoms with van der Waals surface area (Å²) < 4.78 is 1.27. The van der Waals surface area contributed by atoms with Gasteiger partial charge >= 0.3 is 5.69 Å². The van der Waals surface area contributed by atoms with Gasteiger partial charge in [-0.3, -0.25) is 30.3 Å². The molecule has 0 saturated heterocycles. The molecule has 0 aliphatic heterocycles. The number of aromatic amines is 1. The Bertz CT molecular complexity index is 764. The van der Waals surface area contributed by atoms with Crippen molar-refractivity contribution in [2.45, 2.75) is 6.54 Å². The first kappa shape index (κ1) is 13.5. The minimum atomic E-state index is -0.564. The van der Waals surface area contributed by atoms with Crippen molar-refractivity contribution >= 4 is 11.4 Å². The quantitative estimate of drug-likeness (QED) is 0.401. The molecule has 0 spiro atoms. The van der Waals surface area contributed by atoms with Crippen molar-refractivity contribution in [1.29, 1.82) is 0 Å². The number of aromatic nitrogens is 2. The lowest BCUT2D eigenvalue weighted by Gasteiger charge is -2.07. The average Bonchev–Trinajstić information content (AvgIpc) is 2.41. The van der Waals surface area contributed by atoms with E-state index in [9.17, 15) is 19.7 Å². The zero-order valence-electron chi connectivity index (χ0n) is 10.2. The van der Waals surface area contributed by atoms with E-state index in [2.05, 4.69) is 10.4 Å². The van der Waals surface area contributed by atoms with Crippen molar-refractivity contribution < 1.29 is 4.92 Å². The number of anilines is 1. The third-order valence-electron chi connectivity index (χ3n) is 2.66. The van der Waals surface area contributed by atoms with Gasteiger partial charge in [-0.05, 0) is 11.6 Å². The number of hydrazine groups is 1. The van der Waals surface area contributed by atoms with Gasteiger partial charge in [-0.1, -0.05) is 6.07 Å². The van der Waals surface area contributed by atoms with Crippen LogP contribution < -0.4 is 22.5 Å². The minimum absolute atomic E-state index is 0.143. The Kier molecular flexibility index (Phi) is 3.62. The molecule has 9 nitrogen and oxygen atoms in total. The molecule has 4 N–H and O–H groups in total. The Labute approximate surface area is 111 Å². The zero-order valence-corrected chi connectivity index (χ0v) is 10.2. The number of nitro benzene ring substituents is 1. The van der Waals surface area contributed by atoms with Crippen LogP contribution in [-0.4, -0.2) is 14.5 Å². The van der Waals surface area contributed by atoms with Crippen molar-refractivity contribution in [3.05, 3.63) is 67.0 Å². The summed E-state index contributed by atoms with van der Waals surface area (Å²) in [6.45, 7) is 0.155. The highest BCUT2D eigenvalue weighted by Gasteiger charge is 2.13. The van der Waals surface area contributed by atoms with Gasteiger partial charge in [0.15, 0.2) is 0 Å². The van der Waals surface area contributed by atoms with Crippen LogP contribution in [0.25, 0.3) is 0 Å². The molecule has 0 aliphatic rings. The van der Waals surface area contributed by atoms with Crippen molar-refractivity contribution in [3.8, 4) is 0 Å². The Hall–Kier alpha value is -2.94. The van der Waals surface area contributed by atoms with E-state index in [1.807, 2.05) is 0 Å². The van der Waals surface area contributed by atoms with E-state index in [1.54, 1.807) is 0 Å². The van der Waals surface area contributed by atoms with E-state index >= 15 is 0 Å². The van der Waals surface area contributed by atoms with Crippen LogP contribution in [0.3, 0.4) is 0 Å². The van der Waals surface area contributed by atoms with E-state index in [1.165, 1.54) is 35.0 Å². The SMILES string of the molecule is NNc1cc(Cn2ccc(=O)[nH]c2=O)ccc1[N+](=O)[O-]. The first-order valence-electron chi connectivity index (χ1n) is 5.55. The van der Waals surface area contributed by atoms with Gasteiger partial charge in [0.2, 0.25) is 0 Å². The van der Waals surface area contributed by atoms with Crippen LogP contribution in [0.2, 0.25) is 0 Å². The van der Waals surface area contributed by atoms with Gasteiger partial charge in [0.1, 0.15) is 5.69 Å². The van der Waals surface area contributed by atoms with Crippen LogP contribution in [0.15, 0.2) is 40.1 Å². The molecule has 2 rings (SSSR count). The van der Waals surface area contributed by atoms with Crippen molar-refractivity contribution in [3.63, 3.8) is 0 Å². The number of nitro groups is 1. The smallest absolute Gasteiger partial charge is 0.318 e. The van der Waals surface area contributed by atoms with Gasteiger partial charge in [-0.2, -0.15) is 0 Å². The fourth-order valence-corrected chi connectivity index (χ4v) is 1.72. The minimum Gasteiger partial charge on any atom is -0.318 e. The molecule has 0 amide bonds. The van der Waals surface area contributed by atoms with Crippen LogP contribution in [0.4, 0.5) is 11.4 Å². The molecule has 0 radical (unpaired) electrons. The molecule has 0 atom stereocenters. The normalized spacial score (nSPS) is 10.2. The third kappa shape index (κ3) is 2.72. The lowest BCUT2D eigenvalue weighted by Crippen LogP contribution is -2.28. The molecule has 1 aromatic carbocycles. The van der Waals surface area contributed by atoms with Gasteiger partial charge in [0.25, 0.3) is 11.2 Å². The molecule has 0 bridgehead atoms. The van der Waals surface area contributed by atoms with Crippen molar-refractivity contribution in [2.75, 3.05) is 5.43 Å². The maximum Gasteiger partial charge on any atom is 0.328 e. The molecule has 104 valence electrons. The van der Waals surface area contributed by atoms with Gasteiger partial charge < -0.3 is 5.43 Å². The number of nitrogens with one attached hydrogen (secondary N) is 2. The predicted octanol–water partition coefficient (Wildman–Crippen LogP) is -0.221. The number of nitrogens with zero attached hydrogens (tertiary/aromatic N) is 2. The predicted molar refractivity (Wildman–Crippen MR) is 71.3 cm³/mol. The molecule has 20 heavy (non-hydrogen) atoms. The maximum atomic E-state index is 11.5. The summed E-state index contributed by atoms with van der Waals surface area (Å²) in [5, 5.41) is 10.8. The van der Waals surface area contributed by atoms with Crippen molar-refractivity contribution in [2.24, 2.45) is 5.84 Å². The number of H-pyrrole nitrogens is 1. The molecule has 2 aromatic rings. The fraction of sp³-hybridized carbons (Fsp3) is 0.0909. The van der Waals surface area contributed by atoms with Crippen LogP contribution in [-0.2, 0) is 6.54 Å². The van der Waals surface area contributed by atoms with E-state index in [0.717, 1.165) is 0 Å². The third-order valence-corrected chi connectivity index (χ3v) is 2.66. The summed E-state index contributed by atoms with van der Waals surface area (Å²) in [5.74, 6) is 5.23. The summed E-state index contributed by atoms with van der Waals surface area (Å²) in [6, 6.07) is 5.49. The van der Waals surface area contributed by atoms with Crippen LogP contribution >= 0.6 is 0 Å².